The zero-order chi connectivity index (χ0) is 57.5. The van der Waals surface area contributed by atoms with Crippen LogP contribution >= 0.6 is 84.9 Å². The summed E-state index contributed by atoms with van der Waals surface area (Å²) in [7, 11) is 2.93. The number of benzene rings is 8. The zero-order valence-corrected chi connectivity index (χ0v) is 52.8. The van der Waals surface area contributed by atoms with Gasteiger partial charge in [0.1, 0.15) is 46.3 Å². The van der Waals surface area contributed by atoms with Gasteiger partial charge in [0, 0.05) is 42.7 Å². The van der Waals surface area contributed by atoms with Crippen LogP contribution in [0.3, 0.4) is 0 Å². The van der Waals surface area contributed by atoms with Gasteiger partial charge in [-0.25, -0.2) is 17.6 Å². The summed E-state index contributed by atoms with van der Waals surface area (Å²) >= 11 is 29.3. The van der Waals surface area contributed by atoms with Crippen molar-refractivity contribution in [2.75, 3.05) is 28.4 Å². The number of aryl methyl sites for hydroxylation is 2. The van der Waals surface area contributed by atoms with Crippen LogP contribution in [0, 0.1) is 47.1 Å². The van der Waals surface area contributed by atoms with Crippen molar-refractivity contribution in [1.29, 1.82) is 0 Å². The van der Waals surface area contributed by atoms with Gasteiger partial charge in [0.05, 0.1) is 37.0 Å². The molecule has 0 amide bonds. The van der Waals surface area contributed by atoms with Gasteiger partial charge < -0.3 is 57.9 Å². The molecule has 0 aliphatic rings. The van der Waals surface area contributed by atoms with E-state index in [0.717, 1.165) is 70.6 Å². The van der Waals surface area contributed by atoms with E-state index in [-0.39, 0.29) is 40.9 Å². The maximum absolute atomic E-state index is 13.1. The van der Waals surface area contributed by atoms with Crippen molar-refractivity contribution >= 4 is 133 Å². The zero-order valence-electron chi connectivity index (χ0n) is 43.9. The van der Waals surface area contributed by atoms with Gasteiger partial charge in [-0.15, -0.1) is 0 Å². The van der Waals surface area contributed by atoms with E-state index in [4.69, 9.17) is 75.4 Å². The first-order valence-electron chi connectivity index (χ1n) is 22.7. The first-order valence-corrected chi connectivity index (χ1v) is 26.1. The van der Waals surface area contributed by atoms with E-state index in [1.807, 2.05) is 81.8 Å². The standard InChI is InChI=1S/C14H14BClO3.C14H12ClIO.C13H9ClF2O.C7H6BrClO.C6H5BF2O2.C3H7.ClH.Mg/c1-9-6-13(15(17)18)14(19-2)8-12(9)10-4-3-5-11(16)7-10;1-9-6-13(16)14(17-2)8-12(9)10-4-3-5-11(15)7-10;1-17-11-2-3-13(14)12(7-11)8-4-9(15)6-10(16)5-8;1-10-5-2-3-7(9)6(8)4-5;8-5-1-4(7(10)11)2-6(9)3-5;1-3-2;;/h3-8,17-18H,1-2H3;3-8H,1-2H3;2-7H,1H3;2-4H,1H3;1-3,10-11H;3H,1-2H3;1H;/q;;;;;-1;;+2/p-1. The predicted molar refractivity (Wildman–Crippen MR) is 326 cm³/mol. The molecule has 0 fully saturated rings. The van der Waals surface area contributed by atoms with Crippen molar-refractivity contribution in [2.45, 2.75) is 27.7 Å². The molecule has 0 bridgehead atoms. The number of methoxy groups -OCH3 is 4. The third kappa shape index (κ3) is 24.2. The molecule has 0 saturated carbocycles. The van der Waals surface area contributed by atoms with Gasteiger partial charge in [0.25, 0.3) is 0 Å². The van der Waals surface area contributed by atoms with Crippen molar-refractivity contribution in [2.24, 2.45) is 0 Å². The molecule has 8 aromatic carbocycles. The number of rotatable bonds is 9. The molecule has 0 spiro atoms. The molecule has 8 nitrogen and oxygen atoms in total. The first kappa shape index (κ1) is 73.1. The molecule has 0 aliphatic carbocycles. The fourth-order valence-corrected chi connectivity index (χ4v) is 8.65. The van der Waals surface area contributed by atoms with Crippen LogP contribution in [0.25, 0.3) is 33.4 Å². The molecule has 0 saturated heterocycles. The third-order valence-corrected chi connectivity index (χ3v) is 13.1. The van der Waals surface area contributed by atoms with Gasteiger partial charge in [-0.3, -0.25) is 0 Å². The Morgan fingerprint density at radius 3 is 1.34 bits per heavy atom. The van der Waals surface area contributed by atoms with Crippen LogP contribution in [0.2, 0.25) is 20.1 Å². The molecule has 414 valence electrons. The van der Waals surface area contributed by atoms with Gasteiger partial charge in [0.2, 0.25) is 0 Å². The van der Waals surface area contributed by atoms with Crippen molar-refractivity contribution in [1.82, 2.24) is 0 Å². The van der Waals surface area contributed by atoms with Gasteiger partial charge in [-0.05, 0) is 200 Å². The van der Waals surface area contributed by atoms with E-state index >= 15 is 0 Å². The molecule has 8 rings (SSSR count). The minimum absolute atomic E-state index is 0. The second-order valence-electron chi connectivity index (χ2n) is 16.0. The van der Waals surface area contributed by atoms with Gasteiger partial charge in [0.15, 0.2) is 0 Å². The van der Waals surface area contributed by atoms with Crippen LogP contribution in [0.4, 0.5) is 17.6 Å². The average Bonchev–Trinajstić information content (AvgIpc) is 3.37. The van der Waals surface area contributed by atoms with E-state index in [1.165, 1.54) is 31.9 Å². The van der Waals surface area contributed by atoms with Gasteiger partial charge in [-0.1, -0.05) is 76.7 Å². The third-order valence-electron chi connectivity index (χ3n) is 10.3. The summed E-state index contributed by atoms with van der Waals surface area (Å²) in [5.74, 6) is -0.217. The molecule has 0 aromatic heterocycles. The molecule has 8 aromatic rings. The summed E-state index contributed by atoms with van der Waals surface area (Å²) in [6.07, 6.45) is 2.00. The van der Waals surface area contributed by atoms with E-state index < -0.39 is 37.5 Å². The van der Waals surface area contributed by atoms with Gasteiger partial charge in [-0.2, -0.15) is 13.8 Å². The normalized spacial score (nSPS) is 9.75. The Morgan fingerprint density at radius 2 is 0.924 bits per heavy atom. The summed E-state index contributed by atoms with van der Waals surface area (Å²) in [6.45, 7) is 8.00. The van der Waals surface area contributed by atoms with Crippen LogP contribution in [0.1, 0.15) is 25.0 Å². The fourth-order valence-electron chi connectivity index (χ4n) is 6.72. The van der Waals surface area contributed by atoms with E-state index in [0.29, 0.717) is 49.2 Å². The van der Waals surface area contributed by atoms with Crippen LogP contribution < -0.4 is 42.3 Å². The Labute approximate surface area is 524 Å². The number of hydrogen-bond acceptors (Lipinski definition) is 8. The Hall–Kier alpha value is -3.92. The van der Waals surface area contributed by atoms with Crippen molar-refractivity contribution in [3.05, 3.63) is 215 Å². The number of ether oxygens (including phenoxy) is 4. The Bertz CT molecular complexity index is 3150. The predicted octanol–water partition coefficient (Wildman–Crippen LogP) is 11.8. The topological polar surface area (TPSA) is 118 Å². The van der Waals surface area contributed by atoms with Crippen molar-refractivity contribution in [3.63, 3.8) is 0 Å². The summed E-state index contributed by atoms with van der Waals surface area (Å²) in [5.41, 5.74) is 7.40. The largest absolute Gasteiger partial charge is 2.00 e. The molecule has 0 heterocycles. The van der Waals surface area contributed by atoms with Crippen LogP contribution in [0.5, 0.6) is 23.0 Å². The van der Waals surface area contributed by atoms with E-state index in [1.54, 1.807) is 50.6 Å². The van der Waals surface area contributed by atoms with Crippen LogP contribution in [-0.4, -0.2) is 85.8 Å². The minimum atomic E-state index is -1.83. The fraction of sp³-hybridized carbons (Fsp3) is 0.140. The Balaban J connectivity index is 0.000000493. The molecule has 4 N–H and O–H groups in total. The molecule has 0 radical (unpaired) electrons. The van der Waals surface area contributed by atoms with Gasteiger partial charge >= 0.3 is 37.3 Å². The molecule has 0 unspecified atom stereocenters. The summed E-state index contributed by atoms with van der Waals surface area (Å²) in [5, 5.41) is 38.1. The Morgan fingerprint density at radius 1 is 0.494 bits per heavy atom. The molecular formula is C57H53B2BrCl5F4IMgO8. The summed E-state index contributed by atoms with van der Waals surface area (Å²) < 4.78 is 73.4. The molecule has 22 heteroatoms. The van der Waals surface area contributed by atoms with Crippen LogP contribution in [-0.2, 0) is 0 Å². The minimum Gasteiger partial charge on any atom is -1.00 e. The summed E-state index contributed by atoms with van der Waals surface area (Å²) in [4.78, 5) is 0. The maximum atomic E-state index is 13.1. The van der Waals surface area contributed by atoms with E-state index in [2.05, 4.69) is 63.6 Å². The second-order valence-corrected chi connectivity index (χ2v) is 19.7. The Kier molecular flexibility index (Phi) is 34.4. The van der Waals surface area contributed by atoms with Crippen molar-refractivity contribution < 1.29 is 69.0 Å². The average molecular weight is 1370 g/mol. The van der Waals surface area contributed by atoms with E-state index in [9.17, 15) is 27.6 Å². The smallest absolute Gasteiger partial charge is 1.00 e. The van der Waals surface area contributed by atoms with Crippen molar-refractivity contribution in [3.8, 4) is 56.4 Å². The molecule has 0 atom stereocenters. The molecule has 79 heavy (non-hydrogen) atoms. The molecule has 0 aliphatic heterocycles. The quantitative estimate of drug-likeness (QED) is 0.0489. The number of hydrogen-bond donors (Lipinski definition) is 4. The SMILES string of the molecule is COc1cc(-c2cccc(Cl)c2)c(C)cc1B(O)O.COc1cc(-c2cccc(Cl)c2)c(C)cc1I.COc1ccc(Cl)c(-c2cc(F)cc(F)c2)c1.COc1ccc(Cl)c(Br)c1.C[CH-]C.OB(O)c1cc(F)cc(F)c1.[Cl-].[Mg+2]. The maximum Gasteiger partial charge on any atom is 2.00 e. The second kappa shape index (κ2) is 37.2. The number of halogens is 11. The summed E-state index contributed by atoms with van der Waals surface area (Å²) in [6, 6.07) is 39.0. The van der Waals surface area contributed by atoms with Crippen LogP contribution in [0.15, 0.2) is 150 Å². The monoisotopic (exact) mass is 1370 g/mol. The first-order chi connectivity index (χ1) is 36.5. The molecular weight excluding hydrogens is 1320 g/mol.